The van der Waals surface area contributed by atoms with E-state index in [0.717, 1.165) is 27.8 Å². The number of aryl methyl sites for hydroxylation is 1. The second-order valence-electron chi connectivity index (χ2n) is 6.09. The normalized spacial score (nSPS) is 12.2. The van der Waals surface area contributed by atoms with Crippen molar-refractivity contribution in [2.75, 3.05) is 0 Å². The summed E-state index contributed by atoms with van der Waals surface area (Å²) in [5.74, 6) is -0.165. The molecule has 0 aliphatic heterocycles. The zero-order valence-corrected chi connectivity index (χ0v) is 14.8. The van der Waals surface area contributed by atoms with E-state index < -0.39 is 12.0 Å². The summed E-state index contributed by atoms with van der Waals surface area (Å²) in [5, 5.41) is 10.1. The maximum absolute atomic E-state index is 10.9. The van der Waals surface area contributed by atoms with E-state index in [9.17, 15) is 4.79 Å². The van der Waals surface area contributed by atoms with Gasteiger partial charge in [-0.25, -0.2) is 0 Å². The van der Waals surface area contributed by atoms with Crippen LogP contribution in [0.4, 0.5) is 0 Å². The molecule has 25 heavy (non-hydrogen) atoms. The molecule has 1 heterocycles. The Bertz CT molecular complexity index is 911. The molecule has 4 nitrogen and oxygen atoms in total. The maximum atomic E-state index is 10.9. The van der Waals surface area contributed by atoms with Crippen LogP contribution in [-0.2, 0) is 17.0 Å². The quantitative estimate of drug-likeness (QED) is 0.660. The molecule has 0 aliphatic rings. The summed E-state index contributed by atoms with van der Waals surface area (Å²) < 4.78 is 0. The molecular formula is C20H20N2O2S. The number of carboxylic acid groups (broad SMARTS) is 1. The molecular weight excluding hydrogens is 332 g/mol. The number of aliphatic carboxylic acids is 1. The van der Waals surface area contributed by atoms with E-state index in [2.05, 4.69) is 36.2 Å². The van der Waals surface area contributed by atoms with Gasteiger partial charge in [0.05, 0.1) is 5.52 Å². The van der Waals surface area contributed by atoms with Crippen LogP contribution in [0.25, 0.3) is 10.9 Å². The van der Waals surface area contributed by atoms with Crippen LogP contribution >= 0.6 is 11.8 Å². The lowest BCUT2D eigenvalue weighted by molar-refractivity contribution is -0.138. The molecule has 0 saturated carbocycles. The van der Waals surface area contributed by atoms with Crippen LogP contribution in [0.5, 0.6) is 0 Å². The van der Waals surface area contributed by atoms with Gasteiger partial charge in [0.25, 0.3) is 0 Å². The van der Waals surface area contributed by atoms with E-state index in [0.29, 0.717) is 6.42 Å². The molecule has 3 N–H and O–H groups in total. The second kappa shape index (κ2) is 7.68. The molecule has 3 aromatic rings. The first-order chi connectivity index (χ1) is 12.0. The highest BCUT2D eigenvalue weighted by Crippen LogP contribution is 2.30. The van der Waals surface area contributed by atoms with Gasteiger partial charge in [0, 0.05) is 22.2 Å². The van der Waals surface area contributed by atoms with E-state index in [-0.39, 0.29) is 0 Å². The van der Waals surface area contributed by atoms with Crippen LogP contribution in [-0.4, -0.2) is 22.1 Å². The fourth-order valence-electron chi connectivity index (χ4n) is 2.71. The third-order valence-electron chi connectivity index (χ3n) is 4.02. The first kappa shape index (κ1) is 17.5. The van der Waals surface area contributed by atoms with Gasteiger partial charge < -0.3 is 10.8 Å². The molecule has 0 spiro atoms. The number of nitrogens with zero attached hydrogens (tertiary/aromatic N) is 1. The minimum absolute atomic E-state index is 0.339. The number of aromatic nitrogens is 1. The first-order valence-corrected chi connectivity index (χ1v) is 9.06. The zero-order valence-electron chi connectivity index (χ0n) is 14.0. The first-order valence-electron chi connectivity index (χ1n) is 8.07. The maximum Gasteiger partial charge on any atom is 0.320 e. The van der Waals surface area contributed by atoms with Gasteiger partial charge in [-0.2, -0.15) is 0 Å². The minimum Gasteiger partial charge on any atom is -0.480 e. The van der Waals surface area contributed by atoms with Gasteiger partial charge in [-0.1, -0.05) is 36.4 Å². The number of rotatable bonds is 6. The smallest absolute Gasteiger partial charge is 0.320 e. The predicted molar refractivity (Wildman–Crippen MR) is 102 cm³/mol. The standard InChI is InChI=1S/C20H20N2O2S/c1-13-5-6-16-18(9-13)22-8-7-19(16)25-12-15-4-2-3-14(10-15)11-17(21)20(23)24/h2-10,17H,11-12,21H2,1H3,(H,23,24). The zero-order chi connectivity index (χ0) is 17.8. The van der Waals surface area contributed by atoms with Crippen molar-refractivity contribution in [3.05, 3.63) is 71.4 Å². The fraction of sp³-hybridized carbons (Fsp3) is 0.200. The average molecular weight is 352 g/mol. The summed E-state index contributed by atoms with van der Waals surface area (Å²) in [6.07, 6.45) is 2.18. The molecule has 5 heteroatoms. The largest absolute Gasteiger partial charge is 0.480 e. The van der Waals surface area contributed by atoms with Crippen molar-refractivity contribution in [1.82, 2.24) is 4.98 Å². The van der Waals surface area contributed by atoms with Crippen molar-refractivity contribution in [2.45, 2.75) is 30.0 Å². The molecule has 0 radical (unpaired) electrons. The van der Waals surface area contributed by atoms with Crippen molar-refractivity contribution in [3.63, 3.8) is 0 Å². The summed E-state index contributed by atoms with van der Waals surface area (Å²) in [6.45, 7) is 2.06. The van der Waals surface area contributed by atoms with E-state index >= 15 is 0 Å². The Morgan fingerprint density at radius 2 is 2.00 bits per heavy atom. The molecule has 0 bridgehead atoms. The van der Waals surface area contributed by atoms with E-state index in [4.69, 9.17) is 10.8 Å². The van der Waals surface area contributed by atoms with Gasteiger partial charge in [0.2, 0.25) is 0 Å². The molecule has 128 valence electrons. The number of hydrogen-bond acceptors (Lipinski definition) is 4. The average Bonchev–Trinajstić information content (AvgIpc) is 2.59. The van der Waals surface area contributed by atoms with Crippen molar-refractivity contribution in [3.8, 4) is 0 Å². The Hall–Kier alpha value is -2.37. The van der Waals surface area contributed by atoms with Crippen LogP contribution in [0.2, 0.25) is 0 Å². The number of nitrogens with two attached hydrogens (primary N) is 1. The second-order valence-corrected chi connectivity index (χ2v) is 7.10. The Labute approximate surface area is 151 Å². The number of hydrogen-bond donors (Lipinski definition) is 2. The molecule has 1 unspecified atom stereocenters. The van der Waals surface area contributed by atoms with Gasteiger partial charge >= 0.3 is 5.97 Å². The van der Waals surface area contributed by atoms with Gasteiger partial charge in [0.1, 0.15) is 6.04 Å². The number of carbonyl (C=O) groups is 1. The minimum atomic E-state index is -0.974. The van der Waals surface area contributed by atoms with Gasteiger partial charge in [-0.15, -0.1) is 11.8 Å². The van der Waals surface area contributed by atoms with Crippen molar-refractivity contribution < 1.29 is 9.90 Å². The molecule has 1 aromatic heterocycles. The lowest BCUT2D eigenvalue weighted by Gasteiger charge is -2.09. The van der Waals surface area contributed by atoms with E-state index in [1.807, 2.05) is 30.5 Å². The Morgan fingerprint density at radius 1 is 1.20 bits per heavy atom. The highest BCUT2D eigenvalue weighted by Gasteiger charge is 2.12. The van der Waals surface area contributed by atoms with Crippen LogP contribution in [0.15, 0.2) is 59.6 Å². The number of pyridine rings is 1. The van der Waals surface area contributed by atoms with E-state index in [1.165, 1.54) is 10.5 Å². The number of thioether (sulfide) groups is 1. The van der Waals surface area contributed by atoms with E-state index in [1.54, 1.807) is 11.8 Å². The topological polar surface area (TPSA) is 76.2 Å². The molecule has 1 atom stereocenters. The Balaban J connectivity index is 1.75. The Morgan fingerprint density at radius 3 is 2.80 bits per heavy atom. The van der Waals surface area contributed by atoms with Gasteiger partial charge in [-0.05, 0) is 42.2 Å². The van der Waals surface area contributed by atoms with Gasteiger partial charge in [-0.3, -0.25) is 9.78 Å². The van der Waals surface area contributed by atoms with Crippen molar-refractivity contribution in [1.29, 1.82) is 0 Å². The van der Waals surface area contributed by atoms with Crippen molar-refractivity contribution in [2.24, 2.45) is 5.73 Å². The number of benzene rings is 2. The molecule has 0 aliphatic carbocycles. The fourth-order valence-corrected chi connectivity index (χ4v) is 3.69. The van der Waals surface area contributed by atoms with Gasteiger partial charge in [0.15, 0.2) is 0 Å². The SMILES string of the molecule is Cc1ccc2c(SCc3cccc(CC(N)C(=O)O)c3)ccnc2c1. The van der Waals surface area contributed by atoms with Crippen LogP contribution < -0.4 is 5.73 Å². The monoisotopic (exact) mass is 352 g/mol. The summed E-state index contributed by atoms with van der Waals surface area (Å²) >= 11 is 1.76. The summed E-state index contributed by atoms with van der Waals surface area (Å²) in [6, 6.07) is 15.4. The summed E-state index contributed by atoms with van der Waals surface area (Å²) in [5.41, 5.74) is 9.93. The molecule has 0 saturated heterocycles. The highest BCUT2D eigenvalue weighted by molar-refractivity contribution is 7.98. The van der Waals surface area contributed by atoms with Crippen LogP contribution in [0.1, 0.15) is 16.7 Å². The summed E-state index contributed by atoms with van der Waals surface area (Å²) in [4.78, 5) is 16.5. The third kappa shape index (κ3) is 4.38. The predicted octanol–water partition coefficient (Wildman–Crippen LogP) is 3.79. The van der Waals surface area contributed by atoms with Crippen LogP contribution in [0, 0.1) is 6.92 Å². The lowest BCUT2D eigenvalue weighted by Crippen LogP contribution is -2.32. The molecule has 2 aromatic carbocycles. The Kier molecular flexibility index (Phi) is 5.36. The molecule has 3 rings (SSSR count). The lowest BCUT2D eigenvalue weighted by atomic mass is 10.0. The molecule has 0 amide bonds. The van der Waals surface area contributed by atoms with Crippen LogP contribution in [0.3, 0.4) is 0 Å². The van der Waals surface area contributed by atoms with Crippen molar-refractivity contribution >= 4 is 28.6 Å². The number of carboxylic acids is 1. The third-order valence-corrected chi connectivity index (χ3v) is 5.16. The summed E-state index contributed by atoms with van der Waals surface area (Å²) in [7, 11) is 0. The molecule has 0 fully saturated rings. The number of fused-ring (bicyclic) bond motifs is 1. The highest BCUT2D eigenvalue weighted by atomic mass is 32.2.